The van der Waals surface area contributed by atoms with Gasteiger partial charge < -0.3 is 5.73 Å². The van der Waals surface area contributed by atoms with E-state index >= 15 is 0 Å². The van der Waals surface area contributed by atoms with Crippen LogP contribution in [0, 0.1) is 13.8 Å². The Labute approximate surface area is 200 Å². The van der Waals surface area contributed by atoms with Gasteiger partial charge in [0.1, 0.15) is 6.33 Å². The molecule has 178 valence electrons. The van der Waals surface area contributed by atoms with Crippen molar-refractivity contribution in [2.75, 3.05) is 13.1 Å². The molecule has 4 rings (SSSR count). The summed E-state index contributed by atoms with van der Waals surface area (Å²) in [6.07, 6.45) is 6.84. The van der Waals surface area contributed by atoms with E-state index in [1.165, 1.54) is 29.3 Å². The lowest BCUT2D eigenvalue weighted by atomic mass is 10.1. The quantitative estimate of drug-likeness (QED) is 0.543. The summed E-state index contributed by atoms with van der Waals surface area (Å²) in [5.74, 6) is -0.114. The SMILES string of the molecule is Cc1cc(C)cc(-c2ncn(/C=C(/C(N)=O)c3ccc(S(=O)(=O)N4CCCCCC4)cc3)n2)c1. The van der Waals surface area contributed by atoms with Crippen LogP contribution in [0.3, 0.4) is 0 Å². The molecule has 9 heteroatoms. The first kappa shape index (κ1) is 23.8. The van der Waals surface area contributed by atoms with Gasteiger partial charge in [-0.25, -0.2) is 18.1 Å². The fourth-order valence-electron chi connectivity index (χ4n) is 4.22. The zero-order valence-electron chi connectivity index (χ0n) is 19.4. The molecule has 2 aromatic carbocycles. The number of carbonyl (C=O) groups excluding carboxylic acids is 1. The molecule has 1 aromatic heterocycles. The van der Waals surface area contributed by atoms with Crippen molar-refractivity contribution in [2.45, 2.75) is 44.4 Å². The summed E-state index contributed by atoms with van der Waals surface area (Å²) in [6, 6.07) is 12.3. The first-order chi connectivity index (χ1) is 16.2. The molecule has 0 radical (unpaired) electrons. The van der Waals surface area contributed by atoms with Crippen molar-refractivity contribution in [1.82, 2.24) is 19.1 Å². The minimum Gasteiger partial charge on any atom is -0.366 e. The third-order valence-corrected chi connectivity index (χ3v) is 7.80. The lowest BCUT2D eigenvalue weighted by Crippen LogP contribution is -2.31. The minimum atomic E-state index is -3.57. The van der Waals surface area contributed by atoms with Crippen molar-refractivity contribution in [3.63, 3.8) is 0 Å². The summed E-state index contributed by atoms with van der Waals surface area (Å²) in [5, 5.41) is 4.46. The van der Waals surface area contributed by atoms with Gasteiger partial charge in [0.05, 0.1) is 10.5 Å². The number of amides is 1. The van der Waals surface area contributed by atoms with E-state index in [9.17, 15) is 13.2 Å². The summed E-state index contributed by atoms with van der Waals surface area (Å²) in [6.45, 7) is 5.09. The van der Waals surface area contributed by atoms with Gasteiger partial charge >= 0.3 is 0 Å². The average molecular weight is 480 g/mol. The maximum atomic E-state index is 13.0. The Hall–Kier alpha value is -3.30. The summed E-state index contributed by atoms with van der Waals surface area (Å²) < 4.78 is 29.0. The molecule has 2 heterocycles. The van der Waals surface area contributed by atoms with Crippen LogP contribution in [0.25, 0.3) is 23.2 Å². The second kappa shape index (κ2) is 9.90. The number of primary amides is 1. The maximum Gasteiger partial charge on any atom is 0.250 e. The largest absolute Gasteiger partial charge is 0.366 e. The van der Waals surface area contributed by atoms with E-state index in [2.05, 4.69) is 16.1 Å². The van der Waals surface area contributed by atoms with Gasteiger partial charge in [-0.05, 0) is 56.5 Å². The van der Waals surface area contributed by atoms with Gasteiger partial charge in [-0.1, -0.05) is 42.2 Å². The molecule has 1 saturated heterocycles. The average Bonchev–Trinajstić information content (AvgIpc) is 3.08. The molecule has 0 atom stereocenters. The first-order valence-corrected chi connectivity index (χ1v) is 12.8. The van der Waals surface area contributed by atoms with Crippen molar-refractivity contribution < 1.29 is 13.2 Å². The number of carbonyl (C=O) groups is 1. The highest BCUT2D eigenvalue weighted by molar-refractivity contribution is 7.89. The summed E-state index contributed by atoms with van der Waals surface area (Å²) in [7, 11) is -3.57. The Morgan fingerprint density at radius 3 is 2.18 bits per heavy atom. The van der Waals surface area contributed by atoms with Gasteiger partial charge in [0.2, 0.25) is 10.0 Å². The van der Waals surface area contributed by atoms with E-state index in [0.29, 0.717) is 24.5 Å². The predicted molar refractivity (Wildman–Crippen MR) is 132 cm³/mol. The van der Waals surface area contributed by atoms with Gasteiger partial charge in [0, 0.05) is 24.9 Å². The Bertz CT molecular complexity index is 1300. The van der Waals surface area contributed by atoms with Crippen molar-refractivity contribution >= 4 is 27.7 Å². The van der Waals surface area contributed by atoms with Crippen LogP contribution in [0.2, 0.25) is 0 Å². The number of rotatable bonds is 6. The third kappa shape index (κ3) is 5.26. The van der Waals surface area contributed by atoms with Gasteiger partial charge in [-0.2, -0.15) is 4.31 Å². The number of nitrogens with zero attached hydrogens (tertiary/aromatic N) is 4. The van der Waals surface area contributed by atoms with Gasteiger partial charge in [0.25, 0.3) is 5.91 Å². The van der Waals surface area contributed by atoms with Crippen LogP contribution in [0.4, 0.5) is 0 Å². The third-order valence-electron chi connectivity index (χ3n) is 5.88. The molecular weight excluding hydrogens is 450 g/mol. The van der Waals surface area contributed by atoms with Crippen LogP contribution in [0.15, 0.2) is 53.7 Å². The predicted octanol–water partition coefficient (Wildman–Crippen LogP) is 3.61. The molecular formula is C25H29N5O3S. The standard InChI is InChI=1S/C25H29N5O3S/c1-18-13-19(2)15-21(14-18)25-27-17-29(28-25)16-23(24(26)31)20-7-9-22(10-8-20)34(32,33)30-11-5-3-4-6-12-30/h7-10,13-17H,3-6,11-12H2,1-2H3,(H2,26,31)/b23-16+. The number of sulfonamides is 1. The summed E-state index contributed by atoms with van der Waals surface area (Å²) in [4.78, 5) is 16.8. The molecule has 0 spiro atoms. The fourth-order valence-corrected chi connectivity index (χ4v) is 5.74. The van der Waals surface area contributed by atoms with E-state index in [4.69, 9.17) is 5.73 Å². The number of nitrogens with two attached hydrogens (primary N) is 1. The van der Waals surface area contributed by atoms with E-state index in [0.717, 1.165) is 42.4 Å². The first-order valence-electron chi connectivity index (χ1n) is 11.4. The fraction of sp³-hybridized carbons (Fsp3) is 0.320. The zero-order chi connectivity index (χ0) is 24.3. The number of aryl methyl sites for hydroxylation is 2. The number of hydrogen-bond donors (Lipinski definition) is 1. The smallest absolute Gasteiger partial charge is 0.250 e. The van der Waals surface area contributed by atoms with Crippen LogP contribution >= 0.6 is 0 Å². The highest BCUT2D eigenvalue weighted by Gasteiger charge is 2.25. The molecule has 1 aliphatic heterocycles. The van der Waals surface area contributed by atoms with Crippen molar-refractivity contribution in [2.24, 2.45) is 5.73 Å². The molecule has 2 N–H and O–H groups in total. The van der Waals surface area contributed by atoms with Gasteiger partial charge in [-0.3, -0.25) is 4.79 Å². The Morgan fingerprint density at radius 2 is 1.59 bits per heavy atom. The lowest BCUT2D eigenvalue weighted by molar-refractivity contribution is -0.112. The molecule has 34 heavy (non-hydrogen) atoms. The molecule has 0 saturated carbocycles. The molecule has 1 fully saturated rings. The minimum absolute atomic E-state index is 0.204. The topological polar surface area (TPSA) is 111 Å². The normalized spacial score (nSPS) is 15.8. The summed E-state index contributed by atoms with van der Waals surface area (Å²) >= 11 is 0. The molecule has 1 amide bonds. The lowest BCUT2D eigenvalue weighted by Gasteiger charge is -2.20. The zero-order valence-corrected chi connectivity index (χ0v) is 20.3. The number of aromatic nitrogens is 3. The second-order valence-electron chi connectivity index (χ2n) is 8.67. The molecule has 8 nitrogen and oxygen atoms in total. The molecule has 1 aliphatic rings. The Balaban J connectivity index is 1.61. The van der Waals surface area contributed by atoms with Crippen LogP contribution in [0.5, 0.6) is 0 Å². The van der Waals surface area contributed by atoms with Crippen LogP contribution in [-0.2, 0) is 14.8 Å². The molecule has 0 aliphatic carbocycles. The van der Waals surface area contributed by atoms with Crippen LogP contribution < -0.4 is 5.73 Å². The second-order valence-corrected chi connectivity index (χ2v) is 10.6. The Morgan fingerprint density at radius 1 is 0.971 bits per heavy atom. The molecule has 0 unspecified atom stereocenters. The monoisotopic (exact) mass is 479 g/mol. The van der Waals surface area contributed by atoms with Crippen molar-refractivity contribution in [1.29, 1.82) is 0 Å². The highest BCUT2D eigenvalue weighted by Crippen LogP contribution is 2.24. The summed E-state index contributed by atoms with van der Waals surface area (Å²) in [5.41, 5.74) is 9.44. The number of benzene rings is 2. The Kier molecular flexibility index (Phi) is 6.95. The molecule has 3 aromatic rings. The highest BCUT2D eigenvalue weighted by atomic mass is 32.2. The van der Waals surface area contributed by atoms with Crippen molar-refractivity contribution in [3.05, 3.63) is 65.5 Å². The van der Waals surface area contributed by atoms with E-state index in [-0.39, 0.29) is 10.5 Å². The van der Waals surface area contributed by atoms with Gasteiger partial charge in [-0.15, -0.1) is 5.10 Å². The van der Waals surface area contributed by atoms with E-state index in [1.54, 1.807) is 16.4 Å². The van der Waals surface area contributed by atoms with E-state index in [1.807, 2.05) is 26.0 Å². The van der Waals surface area contributed by atoms with Crippen molar-refractivity contribution in [3.8, 4) is 11.4 Å². The molecule has 0 bridgehead atoms. The number of hydrogen-bond acceptors (Lipinski definition) is 5. The van der Waals surface area contributed by atoms with Crippen LogP contribution in [0.1, 0.15) is 42.4 Å². The van der Waals surface area contributed by atoms with Gasteiger partial charge in [0.15, 0.2) is 5.82 Å². The van der Waals surface area contributed by atoms with E-state index < -0.39 is 15.9 Å². The maximum absolute atomic E-state index is 13.0. The van der Waals surface area contributed by atoms with Crippen LogP contribution in [-0.4, -0.2) is 46.5 Å².